The zero-order valence-electron chi connectivity index (χ0n) is 10.8. The number of ether oxygens (including phenoxy) is 1. The molecule has 1 aromatic heterocycles. The molecule has 8 heteroatoms. The predicted octanol–water partition coefficient (Wildman–Crippen LogP) is -0.197. The minimum absolute atomic E-state index is 0.0217. The minimum Gasteiger partial charge on any atom is -0.385 e. The molecule has 0 radical (unpaired) electrons. The zero-order valence-corrected chi connectivity index (χ0v) is 10.8. The number of morpholine rings is 1. The van der Waals surface area contributed by atoms with Gasteiger partial charge in [0.25, 0.3) is 5.95 Å². The maximum absolute atomic E-state index is 7.49. The molecular formula is C12H15N7O. The van der Waals surface area contributed by atoms with Crippen LogP contribution in [-0.4, -0.2) is 51.8 Å². The number of hydrogen-bond donors (Lipinski definition) is 2. The Balaban J connectivity index is 1.88. The number of nitrogens with zero attached hydrogens (tertiary/aromatic N) is 5. The van der Waals surface area contributed by atoms with Crippen LogP contribution in [0, 0.1) is 5.41 Å². The molecule has 0 amide bonds. The molecule has 1 aromatic carbocycles. The molecule has 3 N–H and O–H groups in total. The van der Waals surface area contributed by atoms with Gasteiger partial charge in [-0.2, -0.15) is 4.68 Å². The van der Waals surface area contributed by atoms with Gasteiger partial charge >= 0.3 is 0 Å². The molecular weight excluding hydrogens is 258 g/mol. The number of nitrogens with two attached hydrogens (primary N) is 1. The second-order valence-corrected chi connectivity index (χ2v) is 4.49. The molecule has 0 spiro atoms. The van der Waals surface area contributed by atoms with E-state index in [0.717, 1.165) is 5.69 Å². The summed E-state index contributed by atoms with van der Waals surface area (Å²) in [5, 5.41) is 19.3. The van der Waals surface area contributed by atoms with Gasteiger partial charge in [-0.25, -0.2) is 0 Å². The first-order valence-electron chi connectivity index (χ1n) is 6.30. The molecule has 2 heterocycles. The Morgan fingerprint density at radius 3 is 2.90 bits per heavy atom. The van der Waals surface area contributed by atoms with E-state index in [1.54, 1.807) is 4.68 Å². The Morgan fingerprint density at radius 2 is 2.15 bits per heavy atom. The molecule has 104 valence electrons. The molecule has 0 aliphatic carbocycles. The maximum atomic E-state index is 7.49. The smallest absolute Gasteiger partial charge is 0.250 e. The van der Waals surface area contributed by atoms with Crippen molar-refractivity contribution >= 4 is 11.8 Å². The van der Waals surface area contributed by atoms with Gasteiger partial charge in [-0.05, 0) is 22.6 Å². The van der Waals surface area contributed by atoms with Crippen molar-refractivity contribution < 1.29 is 4.74 Å². The summed E-state index contributed by atoms with van der Waals surface area (Å²) in [5.41, 5.74) is 6.39. The first kappa shape index (κ1) is 12.5. The van der Waals surface area contributed by atoms with E-state index in [0.29, 0.717) is 25.6 Å². The Labute approximate surface area is 115 Å². The lowest BCUT2D eigenvalue weighted by Crippen LogP contribution is -2.49. The van der Waals surface area contributed by atoms with Gasteiger partial charge in [0.15, 0.2) is 0 Å². The summed E-state index contributed by atoms with van der Waals surface area (Å²) in [4.78, 5) is 1.97. The van der Waals surface area contributed by atoms with Gasteiger partial charge in [-0.15, -0.1) is 0 Å². The molecule has 0 bridgehead atoms. The highest BCUT2D eigenvalue weighted by molar-refractivity contribution is 5.82. The standard InChI is InChI=1S/C12H15N7O/c13-11(14)10-8-18(6-7-20-10)12-15-16-17-19(12)9-4-2-1-3-5-9/h1-5,10H,6-8H2,(H3,13,14). The number of anilines is 1. The Bertz CT molecular complexity index is 597. The lowest BCUT2D eigenvalue weighted by atomic mass is 10.2. The fourth-order valence-electron chi connectivity index (χ4n) is 2.13. The number of hydrogen-bond acceptors (Lipinski definition) is 6. The molecule has 1 atom stereocenters. The van der Waals surface area contributed by atoms with Crippen molar-refractivity contribution in [1.82, 2.24) is 20.2 Å². The van der Waals surface area contributed by atoms with Crippen molar-refractivity contribution in [2.75, 3.05) is 24.6 Å². The van der Waals surface area contributed by atoms with Crippen molar-refractivity contribution in [3.05, 3.63) is 30.3 Å². The van der Waals surface area contributed by atoms with E-state index in [-0.39, 0.29) is 5.84 Å². The van der Waals surface area contributed by atoms with Crippen LogP contribution in [0.4, 0.5) is 5.95 Å². The maximum Gasteiger partial charge on any atom is 0.250 e. The van der Waals surface area contributed by atoms with E-state index in [1.165, 1.54) is 0 Å². The fraction of sp³-hybridized carbons (Fsp3) is 0.333. The molecule has 1 aliphatic heterocycles. The summed E-state index contributed by atoms with van der Waals surface area (Å²) in [6.45, 7) is 1.63. The Morgan fingerprint density at radius 1 is 1.35 bits per heavy atom. The number of rotatable bonds is 3. The number of tetrazole rings is 1. The van der Waals surface area contributed by atoms with Gasteiger partial charge in [0.1, 0.15) is 11.9 Å². The second kappa shape index (κ2) is 5.25. The summed E-state index contributed by atoms with van der Waals surface area (Å²) < 4.78 is 7.11. The Hall–Kier alpha value is -2.48. The van der Waals surface area contributed by atoms with Crippen molar-refractivity contribution in [3.63, 3.8) is 0 Å². The van der Waals surface area contributed by atoms with Crippen LogP contribution in [0.5, 0.6) is 0 Å². The van der Waals surface area contributed by atoms with E-state index < -0.39 is 6.10 Å². The largest absolute Gasteiger partial charge is 0.385 e. The van der Waals surface area contributed by atoms with Crippen molar-refractivity contribution in [3.8, 4) is 5.69 Å². The quantitative estimate of drug-likeness (QED) is 0.592. The molecule has 8 nitrogen and oxygen atoms in total. The van der Waals surface area contributed by atoms with Crippen LogP contribution in [-0.2, 0) is 4.74 Å². The van der Waals surface area contributed by atoms with Crippen LogP contribution in [0.1, 0.15) is 0 Å². The number of benzene rings is 1. The van der Waals surface area contributed by atoms with E-state index in [4.69, 9.17) is 15.9 Å². The third kappa shape index (κ3) is 2.32. The highest BCUT2D eigenvalue weighted by Crippen LogP contribution is 2.17. The summed E-state index contributed by atoms with van der Waals surface area (Å²) in [6, 6.07) is 9.66. The summed E-state index contributed by atoms with van der Waals surface area (Å²) in [7, 11) is 0. The highest BCUT2D eigenvalue weighted by Gasteiger charge is 2.26. The minimum atomic E-state index is -0.412. The fourth-order valence-corrected chi connectivity index (χ4v) is 2.13. The lowest BCUT2D eigenvalue weighted by Gasteiger charge is -2.32. The van der Waals surface area contributed by atoms with Gasteiger partial charge in [0.05, 0.1) is 18.8 Å². The first-order chi connectivity index (χ1) is 9.75. The molecule has 1 fully saturated rings. The van der Waals surface area contributed by atoms with Crippen LogP contribution < -0.4 is 10.6 Å². The molecule has 1 aliphatic rings. The highest BCUT2D eigenvalue weighted by atomic mass is 16.5. The summed E-state index contributed by atoms with van der Waals surface area (Å²) >= 11 is 0. The van der Waals surface area contributed by atoms with Gasteiger partial charge in [0, 0.05) is 6.54 Å². The molecule has 0 saturated carbocycles. The molecule has 1 unspecified atom stereocenters. The SMILES string of the molecule is N=C(N)C1CN(c2nnnn2-c2ccccc2)CCO1. The predicted molar refractivity (Wildman–Crippen MR) is 73.0 cm³/mol. The van der Waals surface area contributed by atoms with Crippen LogP contribution in [0.3, 0.4) is 0 Å². The van der Waals surface area contributed by atoms with Crippen molar-refractivity contribution in [2.24, 2.45) is 5.73 Å². The lowest BCUT2D eigenvalue weighted by molar-refractivity contribution is 0.0818. The van der Waals surface area contributed by atoms with E-state index in [9.17, 15) is 0 Å². The van der Waals surface area contributed by atoms with E-state index in [1.807, 2.05) is 35.2 Å². The average molecular weight is 273 g/mol. The molecule has 2 aromatic rings. The number of amidine groups is 1. The van der Waals surface area contributed by atoms with Gasteiger partial charge in [0.2, 0.25) is 0 Å². The van der Waals surface area contributed by atoms with Gasteiger partial charge in [-0.3, -0.25) is 5.41 Å². The molecule has 1 saturated heterocycles. The van der Waals surface area contributed by atoms with E-state index in [2.05, 4.69) is 15.5 Å². The van der Waals surface area contributed by atoms with Gasteiger partial charge < -0.3 is 15.4 Å². The van der Waals surface area contributed by atoms with Crippen molar-refractivity contribution in [2.45, 2.75) is 6.10 Å². The normalized spacial score (nSPS) is 19.0. The monoisotopic (exact) mass is 273 g/mol. The van der Waals surface area contributed by atoms with Crippen LogP contribution in [0.2, 0.25) is 0 Å². The molecule has 3 rings (SSSR count). The summed E-state index contributed by atoms with van der Waals surface area (Å²) in [6.07, 6.45) is -0.412. The third-order valence-electron chi connectivity index (χ3n) is 3.15. The van der Waals surface area contributed by atoms with Crippen LogP contribution in [0.15, 0.2) is 30.3 Å². The number of nitrogens with one attached hydrogen (secondary N) is 1. The Kier molecular flexibility index (Phi) is 3.30. The topological polar surface area (TPSA) is 106 Å². The van der Waals surface area contributed by atoms with Gasteiger partial charge in [-0.1, -0.05) is 23.3 Å². The van der Waals surface area contributed by atoms with E-state index >= 15 is 0 Å². The summed E-state index contributed by atoms with van der Waals surface area (Å²) in [5.74, 6) is 0.652. The second-order valence-electron chi connectivity index (χ2n) is 4.49. The number of aromatic nitrogens is 4. The van der Waals surface area contributed by atoms with Crippen LogP contribution in [0.25, 0.3) is 5.69 Å². The third-order valence-corrected chi connectivity index (χ3v) is 3.15. The number of para-hydroxylation sites is 1. The molecule has 20 heavy (non-hydrogen) atoms. The van der Waals surface area contributed by atoms with Crippen molar-refractivity contribution in [1.29, 1.82) is 5.41 Å². The average Bonchev–Trinajstić information content (AvgIpc) is 2.98. The zero-order chi connectivity index (χ0) is 13.9. The first-order valence-corrected chi connectivity index (χ1v) is 6.30. The van der Waals surface area contributed by atoms with Crippen LogP contribution >= 0.6 is 0 Å².